The summed E-state index contributed by atoms with van der Waals surface area (Å²) in [6.07, 6.45) is 4.50. The maximum atomic E-state index is 12.1. The van der Waals surface area contributed by atoms with Gasteiger partial charge in [-0.3, -0.25) is 15.4 Å². The second kappa shape index (κ2) is 6.42. The summed E-state index contributed by atoms with van der Waals surface area (Å²) in [4.78, 5) is 14.3. The third-order valence-electron chi connectivity index (χ3n) is 2.66. The highest BCUT2D eigenvalue weighted by atomic mass is 32.2. The van der Waals surface area contributed by atoms with Crippen molar-refractivity contribution in [1.82, 2.24) is 20.2 Å². The van der Waals surface area contributed by atoms with Crippen molar-refractivity contribution in [2.24, 2.45) is 4.99 Å². The summed E-state index contributed by atoms with van der Waals surface area (Å²) in [5.74, 6) is 0.277. The fourth-order valence-corrected chi connectivity index (χ4v) is 2.39. The first-order valence-electron chi connectivity index (χ1n) is 6.10. The van der Waals surface area contributed by atoms with Crippen LogP contribution in [-0.2, 0) is 10.0 Å². The summed E-state index contributed by atoms with van der Waals surface area (Å²) >= 11 is 0. The van der Waals surface area contributed by atoms with Gasteiger partial charge in [-0.05, 0) is 19.1 Å². The molecule has 0 aliphatic carbocycles. The molecule has 0 bridgehead atoms. The second-order valence-electron chi connectivity index (χ2n) is 4.21. The van der Waals surface area contributed by atoms with Crippen LogP contribution in [0.2, 0.25) is 0 Å². The van der Waals surface area contributed by atoms with Gasteiger partial charge in [0.25, 0.3) is 10.0 Å². The van der Waals surface area contributed by atoms with E-state index in [4.69, 9.17) is 0 Å². The number of benzene rings is 1. The molecule has 0 spiro atoms. The standard InChI is InChI=1S/C13H15N5O2S/c1-10-3-5-11(6-4-10)21(19,20)18-17-13(14-2)12-9-15-7-8-16-12/h3-9,18H,1-2H3,(H,14,17). The molecule has 1 aromatic carbocycles. The van der Waals surface area contributed by atoms with Gasteiger partial charge in [-0.15, -0.1) is 4.83 Å². The largest absolute Gasteiger partial charge is 0.290 e. The minimum Gasteiger partial charge on any atom is -0.290 e. The van der Waals surface area contributed by atoms with Gasteiger partial charge in [-0.1, -0.05) is 17.7 Å². The summed E-state index contributed by atoms with van der Waals surface area (Å²) in [6.45, 7) is 1.89. The molecule has 110 valence electrons. The molecule has 0 fully saturated rings. The van der Waals surface area contributed by atoms with Crippen molar-refractivity contribution in [3.05, 3.63) is 54.1 Å². The van der Waals surface area contributed by atoms with Crippen molar-refractivity contribution in [2.45, 2.75) is 11.8 Å². The number of aryl methyl sites for hydroxylation is 1. The number of rotatable bonds is 4. The molecule has 0 aliphatic heterocycles. The lowest BCUT2D eigenvalue weighted by Crippen LogP contribution is -2.42. The van der Waals surface area contributed by atoms with Gasteiger partial charge >= 0.3 is 0 Å². The van der Waals surface area contributed by atoms with E-state index < -0.39 is 10.0 Å². The van der Waals surface area contributed by atoms with Gasteiger partial charge in [-0.25, -0.2) is 13.4 Å². The highest BCUT2D eigenvalue weighted by Gasteiger charge is 2.14. The van der Waals surface area contributed by atoms with Crippen LogP contribution in [0.4, 0.5) is 0 Å². The monoisotopic (exact) mass is 305 g/mol. The number of hydrogen-bond acceptors (Lipinski definition) is 5. The van der Waals surface area contributed by atoms with E-state index in [1.165, 1.54) is 37.8 Å². The SMILES string of the molecule is CN=C(NNS(=O)(=O)c1ccc(C)cc1)c1cnccn1. The zero-order chi connectivity index (χ0) is 15.3. The molecule has 7 nitrogen and oxygen atoms in total. The fourth-order valence-electron chi connectivity index (χ4n) is 1.55. The fraction of sp³-hybridized carbons (Fsp3) is 0.154. The average Bonchev–Trinajstić information content (AvgIpc) is 2.49. The van der Waals surface area contributed by atoms with Gasteiger partial charge < -0.3 is 0 Å². The Labute approximate surface area is 123 Å². The second-order valence-corrected chi connectivity index (χ2v) is 5.89. The van der Waals surface area contributed by atoms with E-state index in [1.807, 2.05) is 6.92 Å². The topological polar surface area (TPSA) is 96.3 Å². The molecule has 2 aromatic rings. The summed E-state index contributed by atoms with van der Waals surface area (Å²) in [5.41, 5.74) is 3.97. The van der Waals surface area contributed by atoms with Crippen molar-refractivity contribution in [3.63, 3.8) is 0 Å². The molecule has 0 amide bonds. The van der Waals surface area contributed by atoms with Crippen molar-refractivity contribution in [1.29, 1.82) is 0 Å². The molecule has 0 saturated carbocycles. The number of aromatic nitrogens is 2. The molecule has 0 aliphatic rings. The number of hydrazine groups is 1. The Hall–Kier alpha value is -2.32. The van der Waals surface area contributed by atoms with Gasteiger partial charge in [0.05, 0.1) is 11.1 Å². The molecule has 2 N–H and O–H groups in total. The maximum absolute atomic E-state index is 12.1. The predicted octanol–water partition coefficient (Wildman–Crippen LogP) is 0.645. The summed E-state index contributed by atoms with van der Waals surface area (Å²) in [7, 11) is -2.16. The van der Waals surface area contributed by atoms with Gasteiger partial charge in [0, 0.05) is 19.4 Å². The van der Waals surface area contributed by atoms with Crippen molar-refractivity contribution < 1.29 is 8.42 Å². The molecule has 8 heteroatoms. The Morgan fingerprint density at radius 3 is 2.48 bits per heavy atom. The van der Waals surface area contributed by atoms with E-state index in [1.54, 1.807) is 12.1 Å². The Kier molecular flexibility index (Phi) is 4.61. The van der Waals surface area contributed by atoms with Crippen molar-refractivity contribution >= 4 is 15.9 Å². The molecule has 0 atom stereocenters. The summed E-state index contributed by atoms with van der Waals surface area (Å²) in [6, 6.07) is 6.52. The van der Waals surface area contributed by atoms with Crippen molar-refractivity contribution in [2.75, 3.05) is 7.05 Å². The number of amidine groups is 1. The Morgan fingerprint density at radius 2 is 1.90 bits per heavy atom. The van der Waals surface area contributed by atoms with Crippen LogP contribution in [0.3, 0.4) is 0 Å². The van der Waals surface area contributed by atoms with Gasteiger partial charge in [-0.2, -0.15) is 0 Å². The van der Waals surface area contributed by atoms with E-state index in [2.05, 4.69) is 25.2 Å². The lowest BCUT2D eigenvalue weighted by atomic mass is 10.2. The maximum Gasteiger partial charge on any atom is 0.257 e. The molecular formula is C13H15N5O2S. The van der Waals surface area contributed by atoms with E-state index in [0.717, 1.165) is 5.56 Å². The molecular weight excluding hydrogens is 290 g/mol. The predicted molar refractivity (Wildman–Crippen MR) is 79.1 cm³/mol. The van der Waals surface area contributed by atoms with Crippen LogP contribution in [-0.4, -0.2) is 31.3 Å². The van der Waals surface area contributed by atoms with E-state index in [-0.39, 0.29) is 10.7 Å². The van der Waals surface area contributed by atoms with Crippen LogP contribution >= 0.6 is 0 Å². The lowest BCUT2D eigenvalue weighted by Gasteiger charge is -2.10. The van der Waals surface area contributed by atoms with Crippen LogP contribution < -0.4 is 10.3 Å². The first kappa shape index (κ1) is 15.1. The number of nitrogens with zero attached hydrogens (tertiary/aromatic N) is 3. The lowest BCUT2D eigenvalue weighted by molar-refractivity contribution is 0.577. The Morgan fingerprint density at radius 1 is 1.19 bits per heavy atom. The number of hydrogen-bond donors (Lipinski definition) is 2. The molecule has 0 saturated heterocycles. The Bertz CT molecular complexity index is 727. The zero-order valence-electron chi connectivity index (χ0n) is 11.6. The van der Waals surface area contributed by atoms with Crippen LogP contribution in [0.15, 0.2) is 52.7 Å². The Balaban J connectivity index is 2.13. The van der Waals surface area contributed by atoms with Crippen molar-refractivity contribution in [3.8, 4) is 0 Å². The number of sulfonamides is 1. The first-order valence-corrected chi connectivity index (χ1v) is 7.59. The van der Waals surface area contributed by atoms with Crippen LogP contribution in [0, 0.1) is 6.92 Å². The van der Waals surface area contributed by atoms with Gasteiger partial charge in [0.1, 0.15) is 5.69 Å². The van der Waals surface area contributed by atoms with Gasteiger partial charge in [0.2, 0.25) is 0 Å². The quantitative estimate of drug-likeness (QED) is 0.491. The minimum absolute atomic E-state index is 0.162. The average molecular weight is 305 g/mol. The van der Waals surface area contributed by atoms with E-state index in [9.17, 15) is 8.42 Å². The van der Waals surface area contributed by atoms with Crippen LogP contribution in [0.5, 0.6) is 0 Å². The molecule has 2 rings (SSSR count). The third kappa shape index (κ3) is 3.83. The molecule has 0 radical (unpaired) electrons. The summed E-state index contributed by atoms with van der Waals surface area (Å²) in [5, 5.41) is 0. The summed E-state index contributed by atoms with van der Waals surface area (Å²) < 4.78 is 24.3. The van der Waals surface area contributed by atoms with Crippen LogP contribution in [0.1, 0.15) is 11.3 Å². The van der Waals surface area contributed by atoms with Gasteiger partial charge in [0.15, 0.2) is 5.84 Å². The molecule has 1 aromatic heterocycles. The molecule has 0 unspecified atom stereocenters. The first-order chi connectivity index (χ1) is 10.0. The van der Waals surface area contributed by atoms with Crippen LogP contribution in [0.25, 0.3) is 0 Å². The molecule has 1 heterocycles. The minimum atomic E-state index is -3.68. The highest BCUT2D eigenvalue weighted by molar-refractivity contribution is 7.89. The van der Waals surface area contributed by atoms with E-state index >= 15 is 0 Å². The number of nitrogens with one attached hydrogen (secondary N) is 2. The third-order valence-corrected chi connectivity index (χ3v) is 3.93. The smallest absolute Gasteiger partial charge is 0.257 e. The number of aliphatic imine (C=N–C) groups is 1. The van der Waals surface area contributed by atoms with E-state index in [0.29, 0.717) is 5.69 Å². The zero-order valence-corrected chi connectivity index (χ0v) is 12.4. The normalized spacial score (nSPS) is 12.2. The highest BCUT2D eigenvalue weighted by Crippen LogP contribution is 2.09. The molecule has 21 heavy (non-hydrogen) atoms.